The normalized spacial score (nSPS) is 16.4. The van der Waals surface area contributed by atoms with Gasteiger partial charge in [0.2, 0.25) is 10.0 Å². The van der Waals surface area contributed by atoms with Crippen LogP contribution in [0.1, 0.15) is 32.6 Å². The molecule has 7 heteroatoms. The molecule has 1 aromatic heterocycles. The molecule has 0 amide bonds. The molecule has 1 fully saturated rings. The number of aryl methyl sites for hydroxylation is 1. The van der Waals surface area contributed by atoms with E-state index in [9.17, 15) is 8.42 Å². The molecular weight excluding hydrogens is 252 g/mol. The second-order valence-electron chi connectivity index (χ2n) is 4.75. The third kappa shape index (κ3) is 2.51. The highest BCUT2D eigenvalue weighted by molar-refractivity contribution is 7.89. The number of nitrogens with two attached hydrogens (primary N) is 1. The highest BCUT2D eigenvalue weighted by atomic mass is 32.2. The summed E-state index contributed by atoms with van der Waals surface area (Å²) in [4.78, 5) is 0.132. The number of unbranched alkanes of at least 4 members (excludes halogenated alkanes) is 1. The number of rotatable bonds is 6. The van der Waals surface area contributed by atoms with E-state index in [2.05, 4.69) is 12.0 Å². The van der Waals surface area contributed by atoms with E-state index in [1.807, 2.05) is 0 Å². The maximum atomic E-state index is 12.5. The number of nitrogen functional groups attached to an aromatic ring is 1. The maximum Gasteiger partial charge on any atom is 0.248 e. The summed E-state index contributed by atoms with van der Waals surface area (Å²) < 4.78 is 28.1. The minimum Gasteiger partial charge on any atom is -0.381 e. The topological polar surface area (TPSA) is 81.2 Å². The van der Waals surface area contributed by atoms with E-state index in [4.69, 9.17) is 5.73 Å². The average Bonchev–Trinajstić information content (AvgIpc) is 3.04. The van der Waals surface area contributed by atoms with Crippen LogP contribution in [-0.4, -0.2) is 35.1 Å². The van der Waals surface area contributed by atoms with Crippen LogP contribution >= 0.6 is 0 Å². The molecule has 2 N–H and O–H groups in total. The Morgan fingerprint density at radius 2 is 2.22 bits per heavy atom. The van der Waals surface area contributed by atoms with Gasteiger partial charge in [0.1, 0.15) is 4.90 Å². The number of anilines is 1. The molecule has 2 rings (SSSR count). The van der Waals surface area contributed by atoms with Gasteiger partial charge in [0.25, 0.3) is 0 Å². The molecule has 0 spiro atoms. The number of nitrogens with zero attached hydrogens (tertiary/aromatic N) is 3. The Balaban J connectivity index is 2.30. The predicted octanol–water partition coefficient (Wildman–Crippen LogP) is 0.956. The van der Waals surface area contributed by atoms with Crippen LogP contribution in [0.5, 0.6) is 0 Å². The van der Waals surface area contributed by atoms with Crippen molar-refractivity contribution in [2.75, 3.05) is 12.3 Å². The molecule has 0 bridgehead atoms. The van der Waals surface area contributed by atoms with Gasteiger partial charge in [0.15, 0.2) is 5.82 Å². The molecule has 0 aromatic carbocycles. The number of hydrogen-bond donors (Lipinski definition) is 1. The third-order valence-electron chi connectivity index (χ3n) is 3.09. The Morgan fingerprint density at radius 1 is 1.56 bits per heavy atom. The standard InChI is InChI=1S/C11H20N4O2S/c1-3-4-7-15(9-5-6-9)18(16,17)10-8-14(2)13-11(10)12/h8-9H,3-7H2,1-2H3,(H2,12,13). The van der Waals surface area contributed by atoms with Crippen molar-refractivity contribution in [1.29, 1.82) is 0 Å². The van der Waals surface area contributed by atoms with Crippen LogP contribution in [0, 0.1) is 0 Å². The van der Waals surface area contributed by atoms with E-state index in [0.717, 1.165) is 25.7 Å². The zero-order valence-corrected chi connectivity index (χ0v) is 11.7. The fraction of sp³-hybridized carbons (Fsp3) is 0.727. The van der Waals surface area contributed by atoms with Crippen LogP contribution in [0.2, 0.25) is 0 Å². The lowest BCUT2D eigenvalue weighted by molar-refractivity contribution is 0.396. The zero-order chi connectivity index (χ0) is 13.3. The van der Waals surface area contributed by atoms with E-state index in [1.54, 1.807) is 11.4 Å². The van der Waals surface area contributed by atoms with Gasteiger partial charge in [0.05, 0.1) is 0 Å². The summed E-state index contributed by atoms with van der Waals surface area (Å²) in [6.45, 7) is 2.62. The number of aromatic nitrogens is 2. The molecule has 18 heavy (non-hydrogen) atoms. The molecule has 1 heterocycles. The van der Waals surface area contributed by atoms with Gasteiger partial charge < -0.3 is 5.73 Å². The lowest BCUT2D eigenvalue weighted by Crippen LogP contribution is -2.34. The Labute approximate surface area is 108 Å². The van der Waals surface area contributed by atoms with Crippen LogP contribution in [0.15, 0.2) is 11.1 Å². The van der Waals surface area contributed by atoms with Crippen molar-refractivity contribution in [3.63, 3.8) is 0 Å². The van der Waals surface area contributed by atoms with Gasteiger partial charge in [-0.05, 0) is 19.3 Å². The Hall–Kier alpha value is -1.08. The van der Waals surface area contributed by atoms with Crippen LogP contribution in [0.3, 0.4) is 0 Å². The molecule has 6 nitrogen and oxygen atoms in total. The minimum absolute atomic E-state index is 0.0830. The first kappa shape index (κ1) is 13.4. The molecule has 0 aliphatic heterocycles. The summed E-state index contributed by atoms with van der Waals surface area (Å²) in [5, 5.41) is 3.91. The lowest BCUT2D eigenvalue weighted by Gasteiger charge is -2.20. The van der Waals surface area contributed by atoms with E-state index in [0.29, 0.717) is 6.54 Å². The number of hydrogen-bond acceptors (Lipinski definition) is 4. The summed E-state index contributed by atoms with van der Waals surface area (Å²) in [5.41, 5.74) is 5.68. The van der Waals surface area contributed by atoms with Crippen molar-refractivity contribution in [1.82, 2.24) is 14.1 Å². The second kappa shape index (κ2) is 4.89. The fourth-order valence-corrected chi connectivity index (χ4v) is 3.80. The molecule has 0 radical (unpaired) electrons. The summed E-state index contributed by atoms with van der Waals surface area (Å²) in [6.07, 6.45) is 5.22. The molecule has 0 unspecified atom stereocenters. The summed E-state index contributed by atoms with van der Waals surface area (Å²) in [5.74, 6) is 0.0830. The molecule has 1 aliphatic rings. The Kier molecular flexibility index (Phi) is 3.63. The van der Waals surface area contributed by atoms with Crippen molar-refractivity contribution in [3.8, 4) is 0 Å². The van der Waals surface area contributed by atoms with E-state index in [1.165, 1.54) is 10.9 Å². The molecule has 102 valence electrons. The third-order valence-corrected chi connectivity index (χ3v) is 5.06. The summed E-state index contributed by atoms with van der Waals surface area (Å²) in [6, 6.07) is 0.154. The van der Waals surface area contributed by atoms with Crippen LogP contribution < -0.4 is 5.73 Å². The highest BCUT2D eigenvalue weighted by Gasteiger charge is 2.39. The van der Waals surface area contributed by atoms with Crippen molar-refractivity contribution in [3.05, 3.63) is 6.20 Å². The van der Waals surface area contributed by atoms with Crippen LogP contribution in [0.4, 0.5) is 5.82 Å². The largest absolute Gasteiger partial charge is 0.381 e. The first-order valence-electron chi connectivity index (χ1n) is 6.27. The Morgan fingerprint density at radius 3 is 2.67 bits per heavy atom. The second-order valence-corrected chi connectivity index (χ2v) is 6.61. The quantitative estimate of drug-likeness (QED) is 0.836. The van der Waals surface area contributed by atoms with Crippen molar-refractivity contribution in [2.45, 2.75) is 43.5 Å². The van der Waals surface area contributed by atoms with Crippen LogP contribution in [-0.2, 0) is 17.1 Å². The van der Waals surface area contributed by atoms with Crippen LogP contribution in [0.25, 0.3) is 0 Å². The van der Waals surface area contributed by atoms with Crippen molar-refractivity contribution < 1.29 is 8.42 Å². The average molecular weight is 272 g/mol. The first-order chi connectivity index (χ1) is 8.46. The number of sulfonamides is 1. The van der Waals surface area contributed by atoms with Gasteiger partial charge in [0, 0.05) is 25.8 Å². The van der Waals surface area contributed by atoms with E-state index in [-0.39, 0.29) is 16.8 Å². The summed E-state index contributed by atoms with van der Waals surface area (Å²) >= 11 is 0. The molecule has 1 aliphatic carbocycles. The van der Waals surface area contributed by atoms with E-state index >= 15 is 0 Å². The molecule has 0 atom stereocenters. The van der Waals surface area contributed by atoms with Gasteiger partial charge in [-0.3, -0.25) is 4.68 Å². The summed E-state index contributed by atoms with van der Waals surface area (Å²) in [7, 11) is -1.83. The Bertz CT molecular complexity index is 519. The van der Waals surface area contributed by atoms with Gasteiger partial charge in [-0.2, -0.15) is 9.40 Å². The zero-order valence-electron chi connectivity index (χ0n) is 10.8. The monoisotopic (exact) mass is 272 g/mol. The van der Waals surface area contributed by atoms with Gasteiger partial charge in [-0.25, -0.2) is 8.42 Å². The van der Waals surface area contributed by atoms with Crippen molar-refractivity contribution in [2.24, 2.45) is 7.05 Å². The molecule has 1 aromatic rings. The minimum atomic E-state index is -3.49. The van der Waals surface area contributed by atoms with Gasteiger partial charge in [-0.1, -0.05) is 13.3 Å². The maximum absolute atomic E-state index is 12.5. The van der Waals surface area contributed by atoms with Gasteiger partial charge >= 0.3 is 0 Å². The fourth-order valence-electron chi connectivity index (χ4n) is 1.98. The first-order valence-corrected chi connectivity index (χ1v) is 7.71. The lowest BCUT2D eigenvalue weighted by atomic mass is 10.3. The van der Waals surface area contributed by atoms with Gasteiger partial charge in [-0.15, -0.1) is 0 Å². The molecule has 1 saturated carbocycles. The van der Waals surface area contributed by atoms with E-state index < -0.39 is 10.0 Å². The smallest absolute Gasteiger partial charge is 0.248 e. The molecular formula is C11H20N4O2S. The predicted molar refractivity (Wildman–Crippen MR) is 69.4 cm³/mol. The SMILES string of the molecule is CCCCN(C1CC1)S(=O)(=O)c1cn(C)nc1N. The van der Waals surface area contributed by atoms with Crippen molar-refractivity contribution >= 4 is 15.8 Å². The molecule has 0 saturated heterocycles. The highest BCUT2D eigenvalue weighted by Crippen LogP contribution is 2.33.